The Labute approximate surface area is 93.7 Å². The number of rotatable bonds is 2. The number of nitrogens with one attached hydrogen (secondary N) is 1. The average molecular weight is 234 g/mol. The molecule has 0 aliphatic carbocycles. The summed E-state index contributed by atoms with van der Waals surface area (Å²) in [7, 11) is 0. The van der Waals surface area contributed by atoms with Gasteiger partial charge in [0.1, 0.15) is 0 Å². The Morgan fingerprint density at radius 2 is 2.13 bits per heavy atom. The van der Waals surface area contributed by atoms with E-state index in [1.165, 1.54) is 21.6 Å². The summed E-state index contributed by atoms with van der Waals surface area (Å²) in [6.07, 6.45) is 0. The largest absolute Gasteiger partial charge is 0.328 e. The number of thiophene rings is 1. The first kappa shape index (κ1) is 8.75. The van der Waals surface area contributed by atoms with Crippen LogP contribution >= 0.6 is 22.9 Å². The van der Waals surface area contributed by atoms with Crippen LogP contribution in [0.25, 0.3) is 10.1 Å². The Hall–Kier alpha value is -1.53. The second-order valence-electron chi connectivity index (χ2n) is 2.94. The van der Waals surface area contributed by atoms with Crippen LogP contribution in [0.1, 0.15) is 0 Å². The Balaban J connectivity index is 2.05. The molecule has 0 spiro atoms. The minimum absolute atomic E-state index is 0.721. The third-order valence-electron chi connectivity index (χ3n) is 2.02. The van der Waals surface area contributed by atoms with Gasteiger partial charge < -0.3 is 5.32 Å². The van der Waals surface area contributed by atoms with E-state index >= 15 is 0 Å². The van der Waals surface area contributed by atoms with Crippen molar-refractivity contribution >= 4 is 43.8 Å². The molecule has 6 heteroatoms. The fraction of sp³-hybridized carbons (Fsp3) is 0. The van der Waals surface area contributed by atoms with Gasteiger partial charge in [-0.05, 0) is 11.3 Å². The molecule has 3 rings (SSSR count). The maximum Gasteiger partial charge on any atom is 0.229 e. The van der Waals surface area contributed by atoms with Crippen molar-refractivity contribution in [1.82, 2.24) is 14.8 Å². The molecule has 1 N–H and O–H groups in total. The van der Waals surface area contributed by atoms with Gasteiger partial charge in [-0.15, -0.1) is 11.3 Å². The quantitative estimate of drug-likeness (QED) is 0.740. The lowest BCUT2D eigenvalue weighted by Gasteiger charge is -1.97. The molecule has 0 atom stereocenters. The van der Waals surface area contributed by atoms with Crippen LogP contribution in [0.15, 0.2) is 29.6 Å². The van der Waals surface area contributed by atoms with Crippen LogP contribution in [0.4, 0.5) is 10.8 Å². The van der Waals surface area contributed by atoms with Crippen molar-refractivity contribution in [2.75, 3.05) is 5.32 Å². The fourth-order valence-corrected chi connectivity index (χ4v) is 2.64. The van der Waals surface area contributed by atoms with E-state index in [1.54, 1.807) is 11.3 Å². The smallest absolute Gasteiger partial charge is 0.229 e. The van der Waals surface area contributed by atoms with Crippen LogP contribution < -0.4 is 5.32 Å². The van der Waals surface area contributed by atoms with Crippen molar-refractivity contribution in [2.24, 2.45) is 0 Å². The highest BCUT2D eigenvalue weighted by molar-refractivity contribution is 7.17. The average Bonchev–Trinajstić information content (AvgIpc) is 2.89. The third-order valence-corrected chi connectivity index (χ3v) is 3.50. The number of aromatic nitrogens is 3. The maximum absolute atomic E-state index is 3.85. The molecule has 0 radical (unpaired) electrons. The molecule has 0 saturated carbocycles. The van der Waals surface area contributed by atoms with Gasteiger partial charge in [0.05, 0.1) is 5.69 Å². The van der Waals surface area contributed by atoms with Crippen molar-refractivity contribution in [3.8, 4) is 0 Å². The molecule has 0 fully saturated rings. The molecule has 0 unspecified atom stereocenters. The summed E-state index contributed by atoms with van der Waals surface area (Å²) in [6.45, 7) is 0. The van der Waals surface area contributed by atoms with Gasteiger partial charge >= 0.3 is 0 Å². The Morgan fingerprint density at radius 1 is 1.20 bits per heavy atom. The molecule has 1 aromatic carbocycles. The van der Waals surface area contributed by atoms with Gasteiger partial charge in [0.2, 0.25) is 5.13 Å². The molecule has 2 aromatic heterocycles. The van der Waals surface area contributed by atoms with E-state index in [2.05, 4.69) is 37.6 Å². The molecular formula is C9H6N4S2. The van der Waals surface area contributed by atoms with Crippen LogP contribution in [-0.4, -0.2) is 14.8 Å². The number of hydrogen-bond acceptors (Lipinski definition) is 6. The second kappa shape index (κ2) is 3.56. The van der Waals surface area contributed by atoms with Crippen LogP contribution in [-0.2, 0) is 0 Å². The summed E-state index contributed by atoms with van der Waals surface area (Å²) in [5.41, 5.74) is 1.06. The van der Waals surface area contributed by atoms with Crippen molar-refractivity contribution in [3.05, 3.63) is 29.6 Å². The summed E-state index contributed by atoms with van der Waals surface area (Å²) < 4.78 is 4.97. The number of anilines is 2. The Bertz CT molecular complexity index is 573. The van der Waals surface area contributed by atoms with Gasteiger partial charge in [0, 0.05) is 27.0 Å². The van der Waals surface area contributed by atoms with E-state index in [4.69, 9.17) is 0 Å². The minimum atomic E-state index is 0.721. The third kappa shape index (κ3) is 1.57. The standard InChI is InChI=1S/C9H6N4S2/c1-2-4-8-6(3-1)7(5-14-8)10-9-11-12-13-15-9/h1-5H,(H,10,11,13). The lowest BCUT2D eigenvalue weighted by Crippen LogP contribution is -1.87. The first-order valence-electron chi connectivity index (χ1n) is 4.32. The van der Waals surface area contributed by atoms with Gasteiger partial charge in [0.25, 0.3) is 0 Å². The summed E-state index contributed by atoms with van der Waals surface area (Å²) in [4.78, 5) is 0. The van der Waals surface area contributed by atoms with E-state index in [1.807, 2.05) is 12.1 Å². The van der Waals surface area contributed by atoms with E-state index in [0.717, 1.165) is 10.8 Å². The zero-order valence-corrected chi connectivity index (χ0v) is 9.18. The maximum atomic E-state index is 3.85. The molecule has 0 saturated heterocycles. The number of hydrogen-bond donors (Lipinski definition) is 1. The highest BCUT2D eigenvalue weighted by Gasteiger charge is 2.04. The van der Waals surface area contributed by atoms with Crippen molar-refractivity contribution in [2.45, 2.75) is 0 Å². The van der Waals surface area contributed by atoms with Crippen LogP contribution in [0.3, 0.4) is 0 Å². The van der Waals surface area contributed by atoms with Crippen LogP contribution in [0, 0.1) is 0 Å². The summed E-state index contributed by atoms with van der Waals surface area (Å²) >= 11 is 2.96. The van der Waals surface area contributed by atoms with Crippen LogP contribution in [0.2, 0.25) is 0 Å². The SMILES string of the molecule is c1ccc2c(Nc3nnns3)csc2c1. The predicted octanol–water partition coefficient (Wildman–Crippen LogP) is 2.89. The van der Waals surface area contributed by atoms with Crippen molar-refractivity contribution in [3.63, 3.8) is 0 Å². The van der Waals surface area contributed by atoms with Gasteiger partial charge in [-0.3, -0.25) is 0 Å². The number of nitrogens with zero attached hydrogens (tertiary/aromatic N) is 3. The molecule has 0 amide bonds. The molecule has 74 valence electrons. The van der Waals surface area contributed by atoms with E-state index < -0.39 is 0 Å². The molecule has 15 heavy (non-hydrogen) atoms. The Morgan fingerprint density at radius 3 is 3.00 bits per heavy atom. The predicted molar refractivity (Wildman–Crippen MR) is 62.8 cm³/mol. The normalized spacial score (nSPS) is 10.7. The zero-order valence-electron chi connectivity index (χ0n) is 7.54. The summed E-state index contributed by atoms with van der Waals surface area (Å²) in [5.74, 6) is 0. The summed E-state index contributed by atoms with van der Waals surface area (Å²) in [6, 6.07) is 8.25. The van der Waals surface area contributed by atoms with Crippen molar-refractivity contribution in [1.29, 1.82) is 0 Å². The molecule has 0 aliphatic heterocycles. The van der Waals surface area contributed by atoms with E-state index in [-0.39, 0.29) is 0 Å². The lowest BCUT2D eigenvalue weighted by atomic mass is 10.2. The molecule has 3 aromatic rings. The Kier molecular flexibility index (Phi) is 2.08. The first-order valence-corrected chi connectivity index (χ1v) is 5.97. The number of fused-ring (bicyclic) bond motifs is 1. The van der Waals surface area contributed by atoms with Crippen LogP contribution in [0.5, 0.6) is 0 Å². The second-order valence-corrected chi connectivity index (χ2v) is 4.58. The molecular weight excluding hydrogens is 228 g/mol. The summed E-state index contributed by atoms with van der Waals surface area (Å²) in [5, 5.41) is 14.6. The van der Waals surface area contributed by atoms with Gasteiger partial charge in [-0.25, -0.2) is 0 Å². The molecule has 2 heterocycles. The highest BCUT2D eigenvalue weighted by atomic mass is 32.1. The monoisotopic (exact) mass is 234 g/mol. The zero-order chi connectivity index (χ0) is 10.1. The number of benzene rings is 1. The fourth-order valence-electron chi connectivity index (χ4n) is 1.37. The molecule has 0 bridgehead atoms. The van der Waals surface area contributed by atoms with Gasteiger partial charge in [-0.1, -0.05) is 27.8 Å². The first-order chi connectivity index (χ1) is 7.43. The van der Waals surface area contributed by atoms with E-state index in [9.17, 15) is 0 Å². The molecule has 0 aliphatic rings. The molecule has 4 nitrogen and oxygen atoms in total. The highest BCUT2D eigenvalue weighted by Crippen LogP contribution is 2.31. The van der Waals surface area contributed by atoms with Gasteiger partial charge in [-0.2, -0.15) is 0 Å². The topological polar surface area (TPSA) is 50.7 Å². The van der Waals surface area contributed by atoms with Crippen molar-refractivity contribution < 1.29 is 0 Å². The van der Waals surface area contributed by atoms with E-state index in [0.29, 0.717) is 0 Å². The minimum Gasteiger partial charge on any atom is -0.328 e. The lowest BCUT2D eigenvalue weighted by molar-refractivity contribution is 0.961. The van der Waals surface area contributed by atoms with Gasteiger partial charge in [0.15, 0.2) is 0 Å².